The molecule has 32 heavy (non-hydrogen) atoms. The molecule has 0 spiro atoms. The van der Waals surface area contributed by atoms with Crippen molar-refractivity contribution in [2.75, 3.05) is 32.8 Å². The van der Waals surface area contributed by atoms with Crippen molar-refractivity contribution in [1.29, 1.82) is 0 Å². The molecule has 0 N–H and O–H groups in total. The minimum Gasteiger partial charge on any atom is -0.368 e. The van der Waals surface area contributed by atoms with Gasteiger partial charge in [-0.05, 0) is 61.9 Å². The molecule has 2 aromatic rings. The molecule has 1 unspecified atom stereocenters. The zero-order valence-electron chi connectivity index (χ0n) is 19.2. The summed E-state index contributed by atoms with van der Waals surface area (Å²) >= 11 is 0. The van der Waals surface area contributed by atoms with Gasteiger partial charge in [0, 0.05) is 25.2 Å². The fraction of sp³-hybridized carbons (Fsp3) is 0.500. The normalized spacial score (nSPS) is 19.7. The number of carbonyl (C=O) groups is 2. The van der Waals surface area contributed by atoms with E-state index in [4.69, 9.17) is 9.72 Å². The van der Waals surface area contributed by atoms with Crippen LogP contribution in [0.15, 0.2) is 36.4 Å². The van der Waals surface area contributed by atoms with Gasteiger partial charge in [-0.25, -0.2) is 0 Å². The van der Waals surface area contributed by atoms with Gasteiger partial charge in [0.15, 0.2) is 0 Å². The highest BCUT2D eigenvalue weighted by molar-refractivity contribution is 5.85. The molecule has 0 saturated carbocycles. The first-order valence-corrected chi connectivity index (χ1v) is 11.7. The fourth-order valence-electron chi connectivity index (χ4n) is 4.59. The summed E-state index contributed by atoms with van der Waals surface area (Å²) in [5.74, 6) is 0.100. The first-order chi connectivity index (χ1) is 15.5. The van der Waals surface area contributed by atoms with Gasteiger partial charge in [-0.2, -0.15) is 0 Å². The molecule has 1 aromatic heterocycles. The van der Waals surface area contributed by atoms with Crippen LogP contribution in [-0.2, 0) is 20.7 Å². The molecule has 2 saturated heterocycles. The number of aromatic nitrogens is 1. The minimum atomic E-state index is -0.247. The van der Waals surface area contributed by atoms with Crippen LogP contribution in [0.3, 0.4) is 0 Å². The second-order valence-electron chi connectivity index (χ2n) is 8.97. The van der Waals surface area contributed by atoms with E-state index in [2.05, 4.69) is 43.3 Å². The van der Waals surface area contributed by atoms with Gasteiger partial charge in [0.1, 0.15) is 6.10 Å². The summed E-state index contributed by atoms with van der Waals surface area (Å²) in [6.07, 6.45) is 4.10. The second kappa shape index (κ2) is 10.3. The molecule has 0 bridgehead atoms. The highest BCUT2D eigenvalue weighted by Gasteiger charge is 2.29. The van der Waals surface area contributed by atoms with Gasteiger partial charge in [0.2, 0.25) is 11.8 Å². The zero-order valence-corrected chi connectivity index (χ0v) is 19.2. The molecule has 2 aliphatic rings. The van der Waals surface area contributed by atoms with Crippen molar-refractivity contribution in [3.63, 3.8) is 0 Å². The highest BCUT2D eigenvalue weighted by atomic mass is 16.5. The van der Waals surface area contributed by atoms with Crippen LogP contribution in [0, 0.1) is 13.8 Å². The number of ether oxygens (including phenoxy) is 1. The number of hydrogen-bond donors (Lipinski definition) is 0. The van der Waals surface area contributed by atoms with Crippen LogP contribution in [-0.4, -0.2) is 59.4 Å². The van der Waals surface area contributed by atoms with Crippen molar-refractivity contribution in [2.24, 2.45) is 0 Å². The fourth-order valence-corrected chi connectivity index (χ4v) is 4.59. The third kappa shape index (κ3) is 5.54. The number of benzene rings is 1. The summed E-state index contributed by atoms with van der Waals surface area (Å²) in [6, 6.07) is 12.6. The Hall–Kier alpha value is -2.73. The van der Waals surface area contributed by atoms with Gasteiger partial charge in [-0.3, -0.25) is 14.6 Å². The lowest BCUT2D eigenvalue weighted by molar-refractivity contribution is -0.145. The van der Waals surface area contributed by atoms with Gasteiger partial charge >= 0.3 is 0 Å². The molecule has 2 amide bonds. The van der Waals surface area contributed by atoms with E-state index in [0.717, 1.165) is 37.1 Å². The molecule has 4 rings (SSSR count). The van der Waals surface area contributed by atoms with E-state index < -0.39 is 0 Å². The van der Waals surface area contributed by atoms with Gasteiger partial charge in [-0.15, -0.1) is 0 Å². The maximum absolute atomic E-state index is 13.0. The van der Waals surface area contributed by atoms with E-state index in [1.165, 1.54) is 16.7 Å². The van der Waals surface area contributed by atoms with Crippen molar-refractivity contribution < 1.29 is 14.3 Å². The molecule has 2 fully saturated rings. The summed E-state index contributed by atoms with van der Waals surface area (Å²) in [6.45, 7) is 6.49. The Labute approximate surface area is 190 Å². The lowest BCUT2D eigenvalue weighted by Gasteiger charge is -2.34. The van der Waals surface area contributed by atoms with Crippen LogP contribution in [0.25, 0.3) is 0 Å². The predicted molar refractivity (Wildman–Crippen MR) is 123 cm³/mol. The standard InChI is InChI=1S/C26H33N3O3/c1-19-8-5-6-9-22(19)15-21-14-20(2)27-23(16-21)24-17-29(12-13-32-24)26(31)18-28-11-7-3-4-10-25(28)30/h5-6,8-9,14,16,24H,3-4,7,10-13,15,17-18H2,1-2H3. The molecule has 2 aliphatic heterocycles. The molecule has 6 nitrogen and oxygen atoms in total. The third-order valence-corrected chi connectivity index (χ3v) is 6.44. The number of aryl methyl sites for hydroxylation is 2. The van der Waals surface area contributed by atoms with Gasteiger partial charge in [-0.1, -0.05) is 30.7 Å². The molecule has 3 heterocycles. The number of amides is 2. The summed E-state index contributed by atoms with van der Waals surface area (Å²) in [4.78, 5) is 33.5. The first-order valence-electron chi connectivity index (χ1n) is 11.7. The van der Waals surface area contributed by atoms with Crippen LogP contribution in [0.5, 0.6) is 0 Å². The Morgan fingerprint density at radius 1 is 1.12 bits per heavy atom. The Morgan fingerprint density at radius 3 is 2.81 bits per heavy atom. The third-order valence-electron chi connectivity index (χ3n) is 6.44. The lowest BCUT2D eigenvalue weighted by Crippen LogP contribution is -2.48. The predicted octanol–water partition coefficient (Wildman–Crippen LogP) is 3.59. The number of nitrogens with zero attached hydrogens (tertiary/aromatic N) is 3. The Balaban J connectivity index is 1.44. The number of likely N-dealkylation sites (tertiary alicyclic amines) is 1. The van der Waals surface area contributed by atoms with Crippen molar-refractivity contribution in [1.82, 2.24) is 14.8 Å². The molecule has 1 atom stereocenters. The molecular weight excluding hydrogens is 402 g/mol. The topological polar surface area (TPSA) is 62.7 Å². The average molecular weight is 436 g/mol. The van der Waals surface area contributed by atoms with Gasteiger partial charge < -0.3 is 14.5 Å². The van der Waals surface area contributed by atoms with Gasteiger partial charge in [0.25, 0.3) is 0 Å². The van der Waals surface area contributed by atoms with E-state index in [-0.39, 0.29) is 24.5 Å². The lowest BCUT2D eigenvalue weighted by atomic mass is 9.99. The largest absolute Gasteiger partial charge is 0.368 e. The van der Waals surface area contributed by atoms with E-state index in [1.807, 2.05) is 11.8 Å². The molecular formula is C26H33N3O3. The first kappa shape index (κ1) is 22.5. The molecule has 170 valence electrons. The van der Waals surface area contributed by atoms with Crippen molar-refractivity contribution in [3.05, 3.63) is 64.5 Å². The summed E-state index contributed by atoms with van der Waals surface area (Å²) in [5.41, 5.74) is 5.60. The number of hydrogen-bond acceptors (Lipinski definition) is 4. The van der Waals surface area contributed by atoms with Crippen LogP contribution in [0.1, 0.15) is 59.9 Å². The number of carbonyl (C=O) groups excluding carboxylic acids is 2. The highest BCUT2D eigenvalue weighted by Crippen LogP contribution is 2.24. The average Bonchev–Trinajstić information content (AvgIpc) is 2.99. The van der Waals surface area contributed by atoms with E-state index in [1.54, 1.807) is 4.90 Å². The number of rotatable bonds is 5. The molecule has 6 heteroatoms. The van der Waals surface area contributed by atoms with Crippen molar-refractivity contribution in [3.8, 4) is 0 Å². The summed E-state index contributed by atoms with van der Waals surface area (Å²) < 4.78 is 6.02. The minimum absolute atomic E-state index is 0.00124. The summed E-state index contributed by atoms with van der Waals surface area (Å²) in [7, 11) is 0. The van der Waals surface area contributed by atoms with Crippen molar-refractivity contribution >= 4 is 11.8 Å². The van der Waals surface area contributed by atoms with E-state index in [0.29, 0.717) is 32.7 Å². The molecule has 0 radical (unpaired) electrons. The molecule has 0 aliphatic carbocycles. The van der Waals surface area contributed by atoms with E-state index in [9.17, 15) is 9.59 Å². The molecule has 1 aromatic carbocycles. The van der Waals surface area contributed by atoms with Crippen LogP contribution in [0.2, 0.25) is 0 Å². The second-order valence-corrected chi connectivity index (χ2v) is 8.97. The monoisotopic (exact) mass is 435 g/mol. The Morgan fingerprint density at radius 2 is 1.97 bits per heavy atom. The summed E-state index contributed by atoms with van der Waals surface area (Å²) in [5, 5.41) is 0. The van der Waals surface area contributed by atoms with Crippen molar-refractivity contribution in [2.45, 2.75) is 52.1 Å². The maximum atomic E-state index is 13.0. The van der Waals surface area contributed by atoms with Gasteiger partial charge in [0.05, 0.1) is 25.4 Å². The Bertz CT molecular complexity index is 975. The Kier molecular flexibility index (Phi) is 7.20. The van der Waals surface area contributed by atoms with E-state index >= 15 is 0 Å². The quantitative estimate of drug-likeness (QED) is 0.720. The zero-order chi connectivity index (χ0) is 22.5. The SMILES string of the molecule is Cc1cc(Cc2ccccc2C)cc(C2CN(C(=O)CN3CCCCCC3=O)CCO2)n1. The maximum Gasteiger partial charge on any atom is 0.242 e. The number of pyridine rings is 1. The number of morpholine rings is 1. The smallest absolute Gasteiger partial charge is 0.242 e. The van der Waals surface area contributed by atoms with Crippen LogP contribution in [0.4, 0.5) is 0 Å². The van der Waals surface area contributed by atoms with Crippen LogP contribution >= 0.6 is 0 Å². The van der Waals surface area contributed by atoms with Crippen LogP contribution < -0.4 is 0 Å².